The minimum absolute atomic E-state index is 0.199. The zero-order valence-corrected chi connectivity index (χ0v) is 21.6. The normalized spacial score (nSPS) is 14.5. The van der Waals surface area contributed by atoms with Gasteiger partial charge in [-0.15, -0.1) is 0 Å². The number of carbonyl (C=O) groups is 1. The topological polar surface area (TPSA) is 121 Å². The number of benzene rings is 1. The Bertz CT molecular complexity index is 1160. The van der Waals surface area contributed by atoms with Crippen LogP contribution in [0.15, 0.2) is 24.3 Å². The highest BCUT2D eigenvalue weighted by atomic mass is 31.1. The summed E-state index contributed by atoms with van der Waals surface area (Å²) >= 11 is 0. The molecule has 3 atom stereocenters. The van der Waals surface area contributed by atoms with Gasteiger partial charge in [-0.25, -0.2) is 9.97 Å². The lowest BCUT2D eigenvalue weighted by molar-refractivity contribution is -0.148. The molecule has 34 heavy (non-hydrogen) atoms. The molecule has 2 aromatic heterocycles. The highest BCUT2D eigenvalue weighted by molar-refractivity contribution is 7.42. The molecule has 10 heteroatoms. The van der Waals surface area contributed by atoms with Gasteiger partial charge in [-0.2, -0.15) is 0 Å². The Morgan fingerprint density at radius 2 is 1.94 bits per heavy atom. The van der Waals surface area contributed by atoms with Crippen molar-refractivity contribution in [3.05, 3.63) is 30.1 Å². The summed E-state index contributed by atoms with van der Waals surface area (Å²) in [6.45, 7) is 11.0. The fourth-order valence-corrected chi connectivity index (χ4v) is 5.39. The molecule has 0 saturated heterocycles. The smallest absolute Gasteiger partial charge is 0.323 e. The second-order valence-electron chi connectivity index (χ2n) is 8.91. The molecule has 0 aliphatic carbocycles. The predicted octanol–water partition coefficient (Wildman–Crippen LogP) is 4.13. The standard InChI is InChI=1S/C24H36N5O4P/c1-6-32-14-20-27-21-22(18-9-7-8-10-19(18)26-23(21)25)29(20)13-16(4)11-12-34(31)28-17(5)24(30)33-15(2)3/h7-10,15-17,34H,6,11-14H2,1-5H3,(H2,25,26)(H,28,31)/t16-,17-/m0/s1. The summed E-state index contributed by atoms with van der Waals surface area (Å²) in [4.78, 5) is 21.3. The van der Waals surface area contributed by atoms with Crippen molar-refractivity contribution < 1.29 is 18.8 Å². The van der Waals surface area contributed by atoms with Crippen LogP contribution < -0.4 is 10.8 Å². The van der Waals surface area contributed by atoms with Gasteiger partial charge in [0.05, 0.1) is 17.1 Å². The van der Waals surface area contributed by atoms with Gasteiger partial charge in [0.1, 0.15) is 31.9 Å². The Balaban J connectivity index is 1.76. The third kappa shape index (κ3) is 6.34. The van der Waals surface area contributed by atoms with Gasteiger partial charge < -0.3 is 24.3 Å². The van der Waals surface area contributed by atoms with Crippen LogP contribution in [0.2, 0.25) is 0 Å². The fraction of sp³-hybridized carbons (Fsp3) is 0.542. The first-order chi connectivity index (χ1) is 16.2. The number of aromatic nitrogens is 3. The number of anilines is 1. The molecule has 0 fully saturated rings. The average molecular weight is 490 g/mol. The van der Waals surface area contributed by atoms with Gasteiger partial charge in [-0.05, 0) is 46.1 Å². The highest BCUT2D eigenvalue weighted by Gasteiger charge is 2.21. The Morgan fingerprint density at radius 1 is 1.21 bits per heavy atom. The van der Waals surface area contributed by atoms with Crippen LogP contribution in [0.5, 0.6) is 0 Å². The second kappa shape index (κ2) is 11.8. The zero-order valence-electron chi connectivity index (χ0n) is 20.6. The number of carbonyl (C=O) groups excluding carboxylic acids is 1. The maximum atomic E-state index is 12.6. The van der Waals surface area contributed by atoms with E-state index in [1.807, 2.05) is 31.2 Å². The van der Waals surface area contributed by atoms with Crippen LogP contribution >= 0.6 is 7.95 Å². The molecule has 1 aromatic carbocycles. The predicted molar refractivity (Wildman–Crippen MR) is 136 cm³/mol. The van der Waals surface area contributed by atoms with Crippen LogP contribution in [-0.4, -0.2) is 45.4 Å². The van der Waals surface area contributed by atoms with Crippen LogP contribution in [0.1, 0.15) is 46.9 Å². The van der Waals surface area contributed by atoms with Crippen LogP contribution in [0, 0.1) is 5.92 Å². The van der Waals surface area contributed by atoms with E-state index in [1.165, 1.54) is 0 Å². The molecular weight excluding hydrogens is 453 g/mol. The van der Waals surface area contributed by atoms with Crippen molar-refractivity contribution in [2.45, 2.75) is 66.3 Å². The minimum atomic E-state index is -2.13. The molecular formula is C24H36N5O4P. The second-order valence-corrected chi connectivity index (χ2v) is 10.5. The van der Waals surface area contributed by atoms with E-state index in [1.54, 1.807) is 20.8 Å². The number of nitrogens with two attached hydrogens (primary N) is 1. The highest BCUT2D eigenvalue weighted by Crippen LogP contribution is 2.30. The molecule has 0 bridgehead atoms. The monoisotopic (exact) mass is 489 g/mol. The van der Waals surface area contributed by atoms with E-state index in [0.717, 1.165) is 28.7 Å². The van der Waals surface area contributed by atoms with Crippen molar-refractivity contribution in [1.82, 2.24) is 19.6 Å². The van der Waals surface area contributed by atoms with Gasteiger partial charge in [0.2, 0.25) is 0 Å². The van der Waals surface area contributed by atoms with Gasteiger partial charge in [0, 0.05) is 24.7 Å². The molecule has 3 N–H and O–H groups in total. The lowest BCUT2D eigenvalue weighted by Crippen LogP contribution is -2.32. The number of hydrogen-bond donors (Lipinski definition) is 2. The van der Waals surface area contributed by atoms with E-state index in [0.29, 0.717) is 37.3 Å². The Morgan fingerprint density at radius 3 is 2.65 bits per heavy atom. The molecule has 1 unspecified atom stereocenters. The summed E-state index contributed by atoms with van der Waals surface area (Å²) in [7, 11) is -2.13. The molecule has 2 heterocycles. The number of rotatable bonds is 12. The van der Waals surface area contributed by atoms with Gasteiger partial charge in [-0.3, -0.25) is 9.88 Å². The van der Waals surface area contributed by atoms with Crippen LogP contribution in [0.4, 0.5) is 5.82 Å². The SMILES string of the molecule is CCOCc1nc2c(N)nc3ccccc3c2n1C[C@@H](C)CC[PH](=O)N[C@@H](C)C(=O)OC(C)C. The quantitative estimate of drug-likeness (QED) is 0.288. The van der Waals surface area contributed by atoms with Crippen molar-refractivity contribution in [1.29, 1.82) is 0 Å². The van der Waals surface area contributed by atoms with Crippen molar-refractivity contribution >= 4 is 41.7 Å². The number of imidazole rings is 1. The molecule has 3 aromatic rings. The molecule has 0 aliphatic rings. The van der Waals surface area contributed by atoms with E-state index in [9.17, 15) is 9.36 Å². The molecule has 0 aliphatic heterocycles. The molecule has 0 spiro atoms. The lowest BCUT2D eigenvalue weighted by Gasteiger charge is -2.18. The van der Waals surface area contributed by atoms with Crippen molar-refractivity contribution in [3.63, 3.8) is 0 Å². The van der Waals surface area contributed by atoms with E-state index >= 15 is 0 Å². The average Bonchev–Trinajstić information content (AvgIpc) is 3.14. The first-order valence-electron chi connectivity index (χ1n) is 11.8. The van der Waals surface area contributed by atoms with E-state index in [4.69, 9.17) is 20.2 Å². The zero-order chi connectivity index (χ0) is 24.8. The summed E-state index contributed by atoms with van der Waals surface area (Å²) in [6, 6.07) is 7.29. The fourth-order valence-electron chi connectivity index (χ4n) is 3.89. The Labute approximate surface area is 201 Å². The molecule has 0 amide bonds. The molecule has 0 radical (unpaired) electrons. The Hall–Kier alpha value is -2.48. The molecule has 186 valence electrons. The summed E-state index contributed by atoms with van der Waals surface area (Å²) in [5.41, 5.74) is 8.69. The van der Waals surface area contributed by atoms with E-state index in [-0.39, 0.29) is 18.0 Å². The number of nitrogens with one attached hydrogen (secondary N) is 1. The third-order valence-electron chi connectivity index (χ3n) is 5.57. The number of fused-ring (bicyclic) bond motifs is 3. The van der Waals surface area contributed by atoms with E-state index < -0.39 is 14.0 Å². The molecule has 9 nitrogen and oxygen atoms in total. The largest absolute Gasteiger partial charge is 0.462 e. The van der Waals surface area contributed by atoms with E-state index in [2.05, 4.69) is 21.6 Å². The van der Waals surface area contributed by atoms with Crippen LogP contribution in [0.3, 0.4) is 0 Å². The molecule has 0 saturated carbocycles. The van der Waals surface area contributed by atoms with Gasteiger partial charge in [0.25, 0.3) is 0 Å². The van der Waals surface area contributed by atoms with Crippen LogP contribution in [0.25, 0.3) is 21.9 Å². The van der Waals surface area contributed by atoms with Gasteiger partial charge in [-0.1, -0.05) is 25.1 Å². The number of hydrogen-bond acceptors (Lipinski definition) is 7. The van der Waals surface area contributed by atoms with Crippen molar-refractivity contribution in [2.24, 2.45) is 5.92 Å². The maximum absolute atomic E-state index is 12.6. The van der Waals surface area contributed by atoms with Crippen molar-refractivity contribution in [2.75, 3.05) is 18.5 Å². The third-order valence-corrected chi connectivity index (χ3v) is 7.06. The summed E-state index contributed by atoms with van der Waals surface area (Å²) in [5, 5.41) is 3.90. The summed E-state index contributed by atoms with van der Waals surface area (Å²) in [6.07, 6.45) is 1.02. The number of para-hydroxylation sites is 1. The number of ether oxygens (including phenoxy) is 2. The number of pyridine rings is 1. The summed E-state index contributed by atoms with van der Waals surface area (Å²) in [5.74, 6) is 1.02. The van der Waals surface area contributed by atoms with Crippen LogP contribution in [-0.2, 0) is 32.0 Å². The number of nitrogen functional groups attached to an aromatic ring is 1. The van der Waals surface area contributed by atoms with Gasteiger partial charge >= 0.3 is 5.97 Å². The Kier molecular flexibility index (Phi) is 9.05. The molecule has 3 rings (SSSR count). The number of esters is 1. The van der Waals surface area contributed by atoms with Crippen molar-refractivity contribution in [3.8, 4) is 0 Å². The first kappa shape index (κ1) is 26.1. The minimum Gasteiger partial charge on any atom is -0.462 e. The lowest BCUT2D eigenvalue weighted by atomic mass is 10.1. The first-order valence-corrected chi connectivity index (χ1v) is 13.4. The number of nitrogens with zero attached hydrogens (tertiary/aromatic N) is 3. The van der Waals surface area contributed by atoms with Gasteiger partial charge in [0.15, 0.2) is 5.82 Å². The summed E-state index contributed by atoms with van der Waals surface area (Å²) < 4.78 is 25.6. The maximum Gasteiger partial charge on any atom is 0.323 e.